The van der Waals surface area contributed by atoms with Gasteiger partial charge < -0.3 is 29.7 Å². The van der Waals surface area contributed by atoms with E-state index in [0.29, 0.717) is 53.7 Å². The van der Waals surface area contributed by atoms with Crippen LogP contribution >= 0.6 is 11.6 Å². The zero-order valence-corrected chi connectivity index (χ0v) is 21.9. The number of rotatable bonds is 8. The van der Waals surface area contributed by atoms with E-state index in [1.54, 1.807) is 37.5 Å². The minimum atomic E-state index is -0.541. The number of anilines is 2. The fraction of sp³-hybridized carbons (Fsp3) is 0.333. The molecule has 0 saturated carbocycles. The van der Waals surface area contributed by atoms with E-state index in [0.717, 1.165) is 19.5 Å². The number of likely N-dealkylation sites (N-methyl/N-ethyl adjacent to an activating group) is 1. The van der Waals surface area contributed by atoms with Gasteiger partial charge in [0.15, 0.2) is 0 Å². The number of amides is 1. The number of nitrogens with zero attached hydrogens (tertiary/aromatic N) is 4. The number of phenols is 1. The van der Waals surface area contributed by atoms with Gasteiger partial charge in [-0.2, -0.15) is 0 Å². The summed E-state index contributed by atoms with van der Waals surface area (Å²) in [5, 5.41) is 14.8. The molecule has 0 bridgehead atoms. The maximum absolute atomic E-state index is 14.9. The van der Waals surface area contributed by atoms with E-state index in [2.05, 4.69) is 5.32 Å². The lowest BCUT2D eigenvalue weighted by molar-refractivity contribution is -0.107. The van der Waals surface area contributed by atoms with Crippen LogP contribution in [0.25, 0.3) is 22.3 Å². The summed E-state index contributed by atoms with van der Waals surface area (Å²) in [6.07, 6.45) is 2.31. The van der Waals surface area contributed by atoms with Crippen LogP contribution in [0, 0.1) is 5.82 Å². The van der Waals surface area contributed by atoms with Crippen molar-refractivity contribution in [2.75, 3.05) is 63.2 Å². The monoisotopic (exact) mass is 527 g/mol. The Balaban J connectivity index is 1.75. The number of piperazine rings is 1. The quantitative estimate of drug-likeness (QED) is 0.438. The number of aromatic hydroxyl groups is 1. The Morgan fingerprint density at radius 2 is 1.76 bits per heavy atom. The van der Waals surface area contributed by atoms with Gasteiger partial charge in [0.1, 0.15) is 17.3 Å². The Hall–Kier alpha value is -3.40. The Kier molecular flexibility index (Phi) is 8.16. The largest absolute Gasteiger partial charge is 0.507 e. The van der Waals surface area contributed by atoms with E-state index in [1.165, 1.54) is 21.6 Å². The first kappa shape index (κ1) is 26.7. The molecule has 1 fully saturated rings. The zero-order valence-electron chi connectivity index (χ0n) is 21.2. The molecule has 0 atom stereocenters. The van der Waals surface area contributed by atoms with Crippen LogP contribution in [0.4, 0.5) is 15.8 Å². The minimum Gasteiger partial charge on any atom is -0.507 e. The average Bonchev–Trinajstić information content (AvgIpc) is 2.88. The summed E-state index contributed by atoms with van der Waals surface area (Å²) in [5.74, 6) is -0.670. The van der Waals surface area contributed by atoms with Crippen LogP contribution in [0.2, 0.25) is 5.02 Å². The number of pyridine rings is 1. The van der Waals surface area contributed by atoms with Crippen LogP contribution in [-0.4, -0.2) is 74.3 Å². The first-order valence-corrected chi connectivity index (χ1v) is 12.4. The van der Waals surface area contributed by atoms with Crippen molar-refractivity contribution < 1.29 is 14.3 Å². The summed E-state index contributed by atoms with van der Waals surface area (Å²) in [5.41, 5.74) is 2.42. The van der Waals surface area contributed by atoms with E-state index >= 15 is 0 Å². The molecule has 1 aromatic heterocycles. The molecule has 0 spiro atoms. The van der Waals surface area contributed by atoms with Gasteiger partial charge in [-0.15, -0.1) is 0 Å². The van der Waals surface area contributed by atoms with Crippen molar-refractivity contribution in [2.24, 2.45) is 7.05 Å². The molecule has 1 amide bonds. The molecule has 0 radical (unpaired) electrons. The third-order valence-electron chi connectivity index (χ3n) is 6.49. The van der Waals surface area contributed by atoms with Gasteiger partial charge in [0.2, 0.25) is 6.41 Å². The summed E-state index contributed by atoms with van der Waals surface area (Å²) in [6.45, 7) is 3.98. The molecule has 196 valence electrons. The molecule has 8 nitrogen and oxygen atoms in total. The van der Waals surface area contributed by atoms with Gasteiger partial charge in [0.05, 0.1) is 10.7 Å². The molecule has 2 N–H and O–H groups in total. The number of carbonyl (C=O) groups excluding carboxylic acids is 1. The molecule has 0 aliphatic carbocycles. The third-order valence-corrected chi connectivity index (χ3v) is 6.79. The number of hydrogen-bond acceptors (Lipinski definition) is 6. The van der Waals surface area contributed by atoms with Crippen LogP contribution in [0.3, 0.4) is 0 Å². The SMILES string of the molecule is CN(C)CCN(C=O)c1ccc(-c2cc(F)cc(-c3cc(N4CCNCC4)c(=O)n(C)c3)c2O)cc1Cl. The number of nitrogens with one attached hydrogen (secondary N) is 1. The number of aromatic nitrogens is 1. The minimum absolute atomic E-state index is 0.130. The standard InChI is InChI=1S/C27H31ClFN5O3/c1-31(2)10-11-34(17-35)24-5-4-18(12-23(24)28)21-14-20(29)15-22(26(21)36)19-13-25(27(37)32(3)16-19)33-8-6-30-7-9-33/h4-5,12-17,30,36H,6-11H2,1-3H3. The summed E-state index contributed by atoms with van der Waals surface area (Å²) in [4.78, 5) is 29.9. The van der Waals surface area contributed by atoms with Gasteiger partial charge >= 0.3 is 0 Å². The van der Waals surface area contributed by atoms with E-state index < -0.39 is 5.82 Å². The number of halogens is 2. The zero-order chi connectivity index (χ0) is 26.7. The third kappa shape index (κ3) is 5.79. The first-order valence-electron chi connectivity index (χ1n) is 12.1. The maximum atomic E-state index is 14.9. The van der Waals surface area contributed by atoms with Crippen LogP contribution < -0.4 is 20.7 Å². The van der Waals surface area contributed by atoms with Gasteiger partial charge in [-0.3, -0.25) is 9.59 Å². The highest BCUT2D eigenvalue weighted by Gasteiger charge is 2.20. The van der Waals surface area contributed by atoms with Gasteiger partial charge in [-0.05, 0) is 50.0 Å². The predicted octanol–water partition coefficient (Wildman–Crippen LogP) is 3.15. The molecule has 2 aromatic carbocycles. The van der Waals surface area contributed by atoms with Crippen LogP contribution in [0.5, 0.6) is 5.75 Å². The Morgan fingerprint density at radius 3 is 2.38 bits per heavy atom. The van der Waals surface area contributed by atoms with Crippen LogP contribution in [0.15, 0.2) is 47.4 Å². The summed E-state index contributed by atoms with van der Waals surface area (Å²) < 4.78 is 16.3. The van der Waals surface area contributed by atoms with E-state index in [9.17, 15) is 19.1 Å². The number of hydrogen-bond donors (Lipinski definition) is 2. The summed E-state index contributed by atoms with van der Waals surface area (Å²) in [6, 6.07) is 9.18. The van der Waals surface area contributed by atoms with Crippen molar-refractivity contribution in [3.8, 4) is 28.0 Å². The lowest BCUT2D eigenvalue weighted by Crippen LogP contribution is -2.45. The molecule has 3 aromatic rings. The fourth-order valence-corrected chi connectivity index (χ4v) is 4.75. The number of benzene rings is 2. The smallest absolute Gasteiger partial charge is 0.273 e. The molecule has 1 aliphatic rings. The molecular weight excluding hydrogens is 497 g/mol. The van der Waals surface area contributed by atoms with Crippen LogP contribution in [0.1, 0.15) is 0 Å². The second-order valence-corrected chi connectivity index (χ2v) is 9.79. The van der Waals surface area contributed by atoms with Gasteiger partial charge in [-0.1, -0.05) is 17.7 Å². The molecule has 10 heteroatoms. The molecule has 2 heterocycles. The maximum Gasteiger partial charge on any atom is 0.273 e. The molecular formula is C27H31ClFN5O3. The Labute approximate surface area is 220 Å². The Bertz CT molecular complexity index is 1350. The lowest BCUT2D eigenvalue weighted by atomic mass is 9.97. The molecule has 1 aliphatic heterocycles. The van der Waals surface area contributed by atoms with Crippen molar-refractivity contribution in [1.82, 2.24) is 14.8 Å². The number of aryl methyl sites for hydroxylation is 1. The first-order chi connectivity index (χ1) is 17.7. The second-order valence-electron chi connectivity index (χ2n) is 9.38. The highest BCUT2D eigenvalue weighted by Crippen LogP contribution is 2.41. The van der Waals surface area contributed by atoms with E-state index in [1.807, 2.05) is 23.9 Å². The van der Waals surface area contributed by atoms with Crippen molar-refractivity contribution in [1.29, 1.82) is 0 Å². The lowest BCUT2D eigenvalue weighted by Gasteiger charge is -2.29. The van der Waals surface area contributed by atoms with Crippen molar-refractivity contribution >= 4 is 29.4 Å². The summed E-state index contributed by atoms with van der Waals surface area (Å²) >= 11 is 6.52. The van der Waals surface area contributed by atoms with Gasteiger partial charge in [0, 0.05) is 69.2 Å². The molecule has 0 unspecified atom stereocenters. The van der Waals surface area contributed by atoms with Crippen molar-refractivity contribution in [3.63, 3.8) is 0 Å². The van der Waals surface area contributed by atoms with E-state index in [4.69, 9.17) is 11.6 Å². The molecule has 4 rings (SSSR count). The topological polar surface area (TPSA) is 81.0 Å². The highest BCUT2D eigenvalue weighted by molar-refractivity contribution is 6.34. The molecule has 1 saturated heterocycles. The second kappa shape index (κ2) is 11.3. The average molecular weight is 528 g/mol. The van der Waals surface area contributed by atoms with Crippen molar-refractivity contribution in [3.05, 3.63) is 63.8 Å². The fourth-order valence-electron chi connectivity index (χ4n) is 4.46. The van der Waals surface area contributed by atoms with Gasteiger partial charge in [-0.25, -0.2) is 4.39 Å². The highest BCUT2D eigenvalue weighted by atomic mass is 35.5. The van der Waals surface area contributed by atoms with E-state index in [-0.39, 0.29) is 22.4 Å². The Morgan fingerprint density at radius 1 is 1.08 bits per heavy atom. The van der Waals surface area contributed by atoms with Crippen LogP contribution in [-0.2, 0) is 11.8 Å². The van der Waals surface area contributed by atoms with Crippen molar-refractivity contribution in [2.45, 2.75) is 0 Å². The number of phenolic OH excluding ortho intramolecular Hbond substituents is 1. The summed E-state index contributed by atoms with van der Waals surface area (Å²) in [7, 11) is 5.47. The normalized spacial score (nSPS) is 13.7. The predicted molar refractivity (Wildman–Crippen MR) is 146 cm³/mol. The van der Waals surface area contributed by atoms with Gasteiger partial charge in [0.25, 0.3) is 5.56 Å². The number of carbonyl (C=O) groups is 1. The molecule has 37 heavy (non-hydrogen) atoms.